The molecule has 110 valence electrons. The standard InChI is InChI=1S/C17H25NO2/c1-12-4-5-16-13(8-12)9-15(20-16)11-18-14-6-7-19-17(2,3)10-14/h4-5,8,14-15,18H,6-7,9-11H2,1-3H3. The first kappa shape index (κ1) is 13.9. The van der Waals surface area contributed by atoms with Gasteiger partial charge in [0.15, 0.2) is 0 Å². The maximum absolute atomic E-state index is 6.01. The van der Waals surface area contributed by atoms with Crippen molar-refractivity contribution in [1.29, 1.82) is 0 Å². The summed E-state index contributed by atoms with van der Waals surface area (Å²) >= 11 is 0. The lowest BCUT2D eigenvalue weighted by Gasteiger charge is -2.36. The molecule has 2 aliphatic heterocycles. The van der Waals surface area contributed by atoms with Crippen LogP contribution in [0.4, 0.5) is 0 Å². The van der Waals surface area contributed by atoms with E-state index in [9.17, 15) is 0 Å². The molecule has 2 heterocycles. The molecule has 3 rings (SSSR count). The van der Waals surface area contributed by atoms with Gasteiger partial charge >= 0.3 is 0 Å². The summed E-state index contributed by atoms with van der Waals surface area (Å²) in [6, 6.07) is 7.01. The number of benzene rings is 1. The number of nitrogens with one attached hydrogen (secondary N) is 1. The van der Waals surface area contributed by atoms with E-state index in [0.717, 1.165) is 38.2 Å². The lowest BCUT2D eigenvalue weighted by atomic mass is 9.94. The molecule has 2 aliphatic rings. The van der Waals surface area contributed by atoms with Gasteiger partial charge in [0.25, 0.3) is 0 Å². The molecule has 3 nitrogen and oxygen atoms in total. The fourth-order valence-electron chi connectivity index (χ4n) is 3.27. The van der Waals surface area contributed by atoms with E-state index in [1.807, 2.05) is 0 Å². The minimum Gasteiger partial charge on any atom is -0.488 e. The molecule has 0 saturated carbocycles. The van der Waals surface area contributed by atoms with Gasteiger partial charge in [-0.15, -0.1) is 0 Å². The first-order valence-corrected chi connectivity index (χ1v) is 7.65. The third-order valence-electron chi connectivity index (χ3n) is 4.29. The van der Waals surface area contributed by atoms with Gasteiger partial charge < -0.3 is 14.8 Å². The van der Waals surface area contributed by atoms with E-state index in [0.29, 0.717) is 6.04 Å². The average Bonchev–Trinajstić information content (AvgIpc) is 2.77. The predicted octanol–water partition coefficient (Wildman–Crippen LogP) is 2.85. The molecule has 2 atom stereocenters. The molecule has 1 N–H and O–H groups in total. The van der Waals surface area contributed by atoms with Gasteiger partial charge in [0.2, 0.25) is 0 Å². The molecule has 3 heteroatoms. The van der Waals surface area contributed by atoms with Crippen molar-refractivity contribution in [3.63, 3.8) is 0 Å². The summed E-state index contributed by atoms with van der Waals surface area (Å²) in [5.41, 5.74) is 2.67. The lowest BCUT2D eigenvalue weighted by molar-refractivity contribution is -0.0635. The first-order valence-electron chi connectivity index (χ1n) is 7.65. The second-order valence-electron chi connectivity index (χ2n) is 6.76. The number of rotatable bonds is 3. The SMILES string of the molecule is Cc1ccc2c(c1)CC(CNC1CCOC(C)(C)C1)O2. The van der Waals surface area contributed by atoms with Crippen LogP contribution in [0.2, 0.25) is 0 Å². The highest BCUT2D eigenvalue weighted by Crippen LogP contribution is 2.29. The fraction of sp³-hybridized carbons (Fsp3) is 0.647. The van der Waals surface area contributed by atoms with Crippen molar-refractivity contribution in [1.82, 2.24) is 5.32 Å². The number of ether oxygens (including phenoxy) is 2. The van der Waals surface area contributed by atoms with Gasteiger partial charge in [0.1, 0.15) is 11.9 Å². The van der Waals surface area contributed by atoms with Crippen molar-refractivity contribution in [2.75, 3.05) is 13.2 Å². The molecule has 0 aliphatic carbocycles. The van der Waals surface area contributed by atoms with Crippen LogP contribution < -0.4 is 10.1 Å². The van der Waals surface area contributed by atoms with Crippen molar-refractivity contribution in [3.8, 4) is 5.75 Å². The Morgan fingerprint density at radius 2 is 2.20 bits per heavy atom. The predicted molar refractivity (Wildman–Crippen MR) is 80.4 cm³/mol. The van der Waals surface area contributed by atoms with E-state index in [2.05, 4.69) is 44.3 Å². The van der Waals surface area contributed by atoms with E-state index in [-0.39, 0.29) is 11.7 Å². The molecule has 0 radical (unpaired) electrons. The van der Waals surface area contributed by atoms with E-state index in [1.54, 1.807) is 0 Å². The van der Waals surface area contributed by atoms with E-state index in [4.69, 9.17) is 9.47 Å². The van der Waals surface area contributed by atoms with Gasteiger partial charge in [-0.3, -0.25) is 0 Å². The normalized spacial score (nSPS) is 27.9. The third kappa shape index (κ3) is 3.15. The second-order valence-corrected chi connectivity index (χ2v) is 6.76. The summed E-state index contributed by atoms with van der Waals surface area (Å²) in [6.07, 6.45) is 3.47. The molecule has 0 spiro atoms. The minimum atomic E-state index is 0.00647. The summed E-state index contributed by atoms with van der Waals surface area (Å²) in [6.45, 7) is 8.26. The Bertz CT molecular complexity index is 484. The molecule has 1 aromatic rings. The third-order valence-corrected chi connectivity index (χ3v) is 4.29. The summed E-state index contributed by atoms with van der Waals surface area (Å²) in [5, 5.41) is 3.66. The highest BCUT2D eigenvalue weighted by Gasteiger charge is 2.30. The van der Waals surface area contributed by atoms with Crippen molar-refractivity contribution < 1.29 is 9.47 Å². The fourth-order valence-corrected chi connectivity index (χ4v) is 3.27. The van der Waals surface area contributed by atoms with Crippen LogP contribution in [0.5, 0.6) is 5.75 Å². The number of hydrogen-bond donors (Lipinski definition) is 1. The Morgan fingerprint density at radius 3 is 3.00 bits per heavy atom. The molecule has 0 amide bonds. The Labute approximate surface area is 121 Å². The van der Waals surface area contributed by atoms with Crippen LogP contribution in [-0.4, -0.2) is 30.9 Å². The van der Waals surface area contributed by atoms with Crippen LogP contribution in [0.25, 0.3) is 0 Å². The van der Waals surface area contributed by atoms with Gasteiger partial charge in [-0.1, -0.05) is 17.7 Å². The Morgan fingerprint density at radius 1 is 1.35 bits per heavy atom. The highest BCUT2D eigenvalue weighted by molar-refractivity contribution is 5.40. The zero-order valence-electron chi connectivity index (χ0n) is 12.7. The summed E-state index contributed by atoms with van der Waals surface area (Å²) < 4.78 is 11.8. The lowest BCUT2D eigenvalue weighted by Crippen LogP contribution is -2.46. The molecule has 20 heavy (non-hydrogen) atoms. The number of fused-ring (bicyclic) bond motifs is 1. The van der Waals surface area contributed by atoms with Gasteiger partial charge in [-0.2, -0.15) is 0 Å². The average molecular weight is 275 g/mol. The van der Waals surface area contributed by atoms with Crippen molar-refractivity contribution in [2.24, 2.45) is 0 Å². The molecule has 1 fully saturated rings. The van der Waals surface area contributed by atoms with Gasteiger partial charge in [-0.05, 0) is 45.2 Å². The zero-order chi connectivity index (χ0) is 14.2. The maximum Gasteiger partial charge on any atom is 0.123 e. The molecular weight excluding hydrogens is 250 g/mol. The molecule has 0 bridgehead atoms. The number of aryl methyl sites for hydroxylation is 1. The van der Waals surface area contributed by atoms with E-state index < -0.39 is 0 Å². The van der Waals surface area contributed by atoms with Gasteiger partial charge in [0, 0.05) is 25.6 Å². The van der Waals surface area contributed by atoms with Gasteiger partial charge in [0.05, 0.1) is 5.60 Å². The monoisotopic (exact) mass is 275 g/mol. The minimum absolute atomic E-state index is 0.00647. The topological polar surface area (TPSA) is 30.5 Å². The Balaban J connectivity index is 1.51. The van der Waals surface area contributed by atoms with Crippen LogP contribution in [-0.2, 0) is 11.2 Å². The molecule has 1 aromatic carbocycles. The van der Waals surface area contributed by atoms with Gasteiger partial charge in [-0.25, -0.2) is 0 Å². The largest absolute Gasteiger partial charge is 0.488 e. The summed E-state index contributed by atoms with van der Waals surface area (Å²) in [5.74, 6) is 1.06. The first-order chi connectivity index (χ1) is 9.52. The molecule has 0 aromatic heterocycles. The maximum atomic E-state index is 6.01. The Kier molecular flexibility index (Phi) is 3.74. The van der Waals surface area contributed by atoms with Crippen LogP contribution >= 0.6 is 0 Å². The van der Waals surface area contributed by atoms with E-state index >= 15 is 0 Å². The van der Waals surface area contributed by atoms with Crippen LogP contribution in [0.1, 0.15) is 37.8 Å². The highest BCUT2D eigenvalue weighted by atomic mass is 16.5. The molecule has 2 unspecified atom stereocenters. The van der Waals surface area contributed by atoms with Crippen molar-refractivity contribution >= 4 is 0 Å². The summed E-state index contributed by atoms with van der Waals surface area (Å²) in [7, 11) is 0. The number of hydrogen-bond acceptors (Lipinski definition) is 3. The smallest absolute Gasteiger partial charge is 0.123 e. The van der Waals surface area contributed by atoms with E-state index in [1.165, 1.54) is 11.1 Å². The summed E-state index contributed by atoms with van der Waals surface area (Å²) in [4.78, 5) is 0. The van der Waals surface area contributed by atoms with Crippen LogP contribution in [0, 0.1) is 6.92 Å². The van der Waals surface area contributed by atoms with Crippen molar-refractivity contribution in [2.45, 2.75) is 57.8 Å². The molecular formula is C17H25NO2. The zero-order valence-corrected chi connectivity index (χ0v) is 12.7. The Hall–Kier alpha value is -1.06. The van der Waals surface area contributed by atoms with Crippen LogP contribution in [0.15, 0.2) is 18.2 Å². The van der Waals surface area contributed by atoms with Crippen LogP contribution in [0.3, 0.4) is 0 Å². The second kappa shape index (κ2) is 5.38. The molecule has 1 saturated heterocycles. The van der Waals surface area contributed by atoms with Crippen molar-refractivity contribution in [3.05, 3.63) is 29.3 Å². The quantitative estimate of drug-likeness (QED) is 0.920.